The van der Waals surface area contributed by atoms with Crippen LogP contribution in [0.25, 0.3) is 5.65 Å². The van der Waals surface area contributed by atoms with Crippen LogP contribution in [0.2, 0.25) is 5.15 Å². The van der Waals surface area contributed by atoms with Crippen LogP contribution >= 0.6 is 11.6 Å². The van der Waals surface area contributed by atoms with Crippen molar-refractivity contribution in [2.45, 2.75) is 23.3 Å². The van der Waals surface area contributed by atoms with Crippen LogP contribution in [0.3, 0.4) is 0 Å². The fourth-order valence-corrected chi connectivity index (χ4v) is 5.07. The average molecular weight is 402 g/mol. The molecule has 0 amide bonds. The number of halogens is 1. The number of hydrogen-bond donors (Lipinski definition) is 0. The minimum absolute atomic E-state index is 0.0239. The molecule has 0 N–H and O–H groups in total. The zero-order valence-corrected chi connectivity index (χ0v) is 15.9. The zero-order valence-electron chi connectivity index (χ0n) is 14.3. The van der Waals surface area contributed by atoms with Crippen LogP contribution in [-0.2, 0) is 15.4 Å². The van der Waals surface area contributed by atoms with E-state index in [1.807, 2.05) is 30.3 Å². The third-order valence-corrected chi connectivity index (χ3v) is 7.07. The lowest BCUT2D eigenvalue weighted by Crippen LogP contribution is -2.44. The van der Waals surface area contributed by atoms with Gasteiger partial charge in [0.15, 0.2) is 10.7 Å². The second-order valence-corrected chi connectivity index (χ2v) is 8.76. The van der Waals surface area contributed by atoms with Gasteiger partial charge < -0.3 is 0 Å². The molecule has 3 aromatic rings. The fraction of sp³-hybridized carbons (Fsp3) is 0.278. The number of nitriles is 1. The van der Waals surface area contributed by atoms with Crippen LogP contribution in [0.5, 0.6) is 0 Å². The van der Waals surface area contributed by atoms with Gasteiger partial charge >= 0.3 is 0 Å². The van der Waals surface area contributed by atoms with Crippen LogP contribution < -0.4 is 0 Å². The first kappa shape index (κ1) is 17.9. The van der Waals surface area contributed by atoms with Crippen molar-refractivity contribution in [3.63, 3.8) is 0 Å². The molecule has 27 heavy (non-hydrogen) atoms. The summed E-state index contributed by atoms with van der Waals surface area (Å²) in [7, 11) is -3.80. The first-order chi connectivity index (χ1) is 13.0. The molecule has 3 heterocycles. The van der Waals surface area contributed by atoms with E-state index in [0.29, 0.717) is 18.5 Å². The molecule has 9 heteroatoms. The normalized spacial score (nSPS) is 17.6. The Morgan fingerprint density at radius 1 is 1.11 bits per heavy atom. The molecule has 0 bridgehead atoms. The van der Waals surface area contributed by atoms with Gasteiger partial charge in [-0.05, 0) is 30.5 Å². The number of benzene rings is 1. The maximum atomic E-state index is 13.1. The molecule has 138 valence electrons. The molecule has 1 aliphatic rings. The summed E-state index contributed by atoms with van der Waals surface area (Å²) in [5.74, 6) is 0. The Kier molecular flexibility index (Phi) is 4.38. The molecule has 0 atom stereocenters. The largest absolute Gasteiger partial charge is 0.262 e. The van der Waals surface area contributed by atoms with Crippen molar-refractivity contribution in [2.24, 2.45) is 0 Å². The fourth-order valence-electron chi connectivity index (χ4n) is 3.47. The first-order valence-electron chi connectivity index (χ1n) is 8.43. The number of imidazole rings is 1. The van der Waals surface area contributed by atoms with Gasteiger partial charge in [-0.3, -0.25) is 0 Å². The predicted molar refractivity (Wildman–Crippen MR) is 99.7 cm³/mol. The molecule has 0 saturated carbocycles. The molecular weight excluding hydrogens is 386 g/mol. The molecule has 1 fully saturated rings. The molecule has 0 aliphatic carbocycles. The molecule has 4 rings (SSSR count). The highest BCUT2D eigenvalue weighted by molar-refractivity contribution is 7.89. The number of aromatic nitrogens is 3. The van der Waals surface area contributed by atoms with Gasteiger partial charge in [0.05, 0.1) is 17.7 Å². The minimum Gasteiger partial charge on any atom is -0.234 e. The van der Waals surface area contributed by atoms with Crippen molar-refractivity contribution in [1.29, 1.82) is 5.26 Å². The third-order valence-electron chi connectivity index (χ3n) is 5.02. The Morgan fingerprint density at radius 3 is 2.48 bits per heavy atom. The highest BCUT2D eigenvalue weighted by atomic mass is 35.5. The highest BCUT2D eigenvalue weighted by Gasteiger charge is 2.40. The molecule has 1 aliphatic heterocycles. The quantitative estimate of drug-likeness (QED) is 0.672. The van der Waals surface area contributed by atoms with E-state index in [1.165, 1.54) is 15.0 Å². The van der Waals surface area contributed by atoms with Crippen molar-refractivity contribution in [1.82, 2.24) is 18.9 Å². The molecule has 0 radical (unpaired) electrons. The lowest BCUT2D eigenvalue weighted by atomic mass is 9.74. The van der Waals surface area contributed by atoms with Crippen molar-refractivity contribution in [3.8, 4) is 6.07 Å². The smallest absolute Gasteiger partial charge is 0.234 e. The maximum Gasteiger partial charge on any atom is 0.262 e. The summed E-state index contributed by atoms with van der Waals surface area (Å²) in [6.07, 6.45) is 2.15. The number of rotatable bonds is 3. The van der Waals surface area contributed by atoms with Crippen molar-refractivity contribution in [2.75, 3.05) is 13.1 Å². The summed E-state index contributed by atoms with van der Waals surface area (Å²) in [4.78, 5) is 4.10. The van der Waals surface area contributed by atoms with E-state index in [-0.39, 0.29) is 23.3 Å². The van der Waals surface area contributed by atoms with E-state index in [1.54, 1.807) is 12.1 Å². The Labute approximate surface area is 161 Å². The molecule has 0 unspecified atom stereocenters. The van der Waals surface area contributed by atoms with Gasteiger partial charge in [-0.15, -0.1) is 0 Å². The van der Waals surface area contributed by atoms with E-state index in [9.17, 15) is 13.7 Å². The van der Waals surface area contributed by atoms with Gasteiger partial charge in [0.25, 0.3) is 10.0 Å². The number of sulfonamides is 1. The van der Waals surface area contributed by atoms with Crippen LogP contribution in [0.1, 0.15) is 18.4 Å². The van der Waals surface area contributed by atoms with Crippen LogP contribution in [-0.4, -0.2) is 40.4 Å². The summed E-state index contributed by atoms with van der Waals surface area (Å²) >= 11 is 5.90. The second-order valence-electron chi connectivity index (χ2n) is 6.49. The van der Waals surface area contributed by atoms with E-state index < -0.39 is 15.4 Å². The first-order valence-corrected chi connectivity index (χ1v) is 10.3. The monoisotopic (exact) mass is 401 g/mol. The van der Waals surface area contributed by atoms with Crippen molar-refractivity contribution in [3.05, 3.63) is 59.4 Å². The van der Waals surface area contributed by atoms with Gasteiger partial charge in [0, 0.05) is 13.1 Å². The average Bonchev–Trinajstić information content (AvgIpc) is 3.12. The van der Waals surface area contributed by atoms with Crippen LogP contribution in [0.4, 0.5) is 0 Å². The summed E-state index contributed by atoms with van der Waals surface area (Å²) in [6, 6.07) is 15.1. The summed E-state index contributed by atoms with van der Waals surface area (Å²) in [5.41, 5.74) is 0.660. The standard InChI is InChI=1S/C18H16ClN5O2S/c19-15-6-7-16-21-12-17(24(16)22-15)27(25,26)23-10-8-18(13-20,9-11-23)14-4-2-1-3-5-14/h1-7,12H,8-11H2. The van der Waals surface area contributed by atoms with Gasteiger partial charge in [-0.2, -0.15) is 19.2 Å². The zero-order chi connectivity index (χ0) is 19.1. The van der Waals surface area contributed by atoms with Gasteiger partial charge in [-0.1, -0.05) is 41.9 Å². The molecular formula is C18H16ClN5O2S. The van der Waals surface area contributed by atoms with Gasteiger partial charge in [-0.25, -0.2) is 13.4 Å². The Bertz CT molecular complexity index is 1130. The predicted octanol–water partition coefficient (Wildman–Crippen LogP) is 2.63. The number of nitrogens with zero attached hydrogens (tertiary/aromatic N) is 5. The maximum absolute atomic E-state index is 13.1. The Morgan fingerprint density at radius 2 is 1.81 bits per heavy atom. The summed E-state index contributed by atoms with van der Waals surface area (Å²) < 4.78 is 28.8. The van der Waals surface area contributed by atoms with Crippen molar-refractivity contribution >= 4 is 27.3 Å². The lowest BCUT2D eigenvalue weighted by Gasteiger charge is -2.36. The summed E-state index contributed by atoms with van der Waals surface area (Å²) in [6.45, 7) is 0.497. The van der Waals surface area contributed by atoms with Gasteiger partial charge in [0.2, 0.25) is 0 Å². The van der Waals surface area contributed by atoms with E-state index >= 15 is 0 Å². The van der Waals surface area contributed by atoms with E-state index in [0.717, 1.165) is 5.56 Å². The lowest BCUT2D eigenvalue weighted by molar-refractivity contribution is 0.276. The van der Waals surface area contributed by atoms with Crippen LogP contribution in [0, 0.1) is 11.3 Å². The highest BCUT2D eigenvalue weighted by Crippen LogP contribution is 2.36. The Balaban J connectivity index is 1.64. The van der Waals surface area contributed by atoms with Gasteiger partial charge in [0.1, 0.15) is 5.15 Å². The molecule has 1 saturated heterocycles. The molecule has 2 aromatic heterocycles. The molecule has 1 aromatic carbocycles. The topological polar surface area (TPSA) is 91.4 Å². The molecule has 7 nitrogen and oxygen atoms in total. The molecule has 0 spiro atoms. The number of hydrogen-bond acceptors (Lipinski definition) is 5. The SMILES string of the molecule is N#CC1(c2ccccc2)CCN(S(=O)(=O)c2cnc3ccc(Cl)nn23)CC1. The van der Waals surface area contributed by atoms with E-state index in [4.69, 9.17) is 11.6 Å². The summed E-state index contributed by atoms with van der Waals surface area (Å²) in [5, 5.41) is 14.0. The minimum atomic E-state index is -3.80. The Hall–Kier alpha value is -2.47. The van der Waals surface area contributed by atoms with E-state index in [2.05, 4.69) is 16.2 Å². The second kappa shape index (κ2) is 6.60. The van der Waals surface area contributed by atoms with Crippen LogP contribution in [0.15, 0.2) is 53.7 Å². The number of piperidine rings is 1. The third kappa shape index (κ3) is 2.98. The van der Waals surface area contributed by atoms with Crippen molar-refractivity contribution < 1.29 is 8.42 Å². The number of fused-ring (bicyclic) bond motifs is 1.